The van der Waals surface area contributed by atoms with Crippen LogP contribution >= 0.6 is 0 Å². The largest absolute Gasteiger partial charge is 0.497 e. The Hall–Kier alpha value is -3.04. The highest BCUT2D eigenvalue weighted by Gasteiger charge is 2.16. The van der Waals surface area contributed by atoms with Gasteiger partial charge in [0.15, 0.2) is 0 Å². The molecular formula is C21H22N2O5S2. The molecule has 158 valence electrons. The Kier molecular flexibility index (Phi) is 6.33. The summed E-state index contributed by atoms with van der Waals surface area (Å²) in [5, 5.41) is 0. The maximum absolute atomic E-state index is 12.6. The van der Waals surface area contributed by atoms with Gasteiger partial charge >= 0.3 is 0 Å². The summed E-state index contributed by atoms with van der Waals surface area (Å²) in [7, 11) is -5.98. The highest BCUT2D eigenvalue weighted by Crippen LogP contribution is 2.22. The van der Waals surface area contributed by atoms with Crippen LogP contribution in [0.15, 0.2) is 77.7 Å². The number of benzene rings is 3. The average molecular weight is 447 g/mol. The summed E-state index contributed by atoms with van der Waals surface area (Å²) >= 11 is 0. The fourth-order valence-electron chi connectivity index (χ4n) is 2.72. The van der Waals surface area contributed by atoms with E-state index in [1.807, 2.05) is 19.1 Å². The van der Waals surface area contributed by atoms with Crippen molar-refractivity contribution in [2.24, 2.45) is 0 Å². The Morgan fingerprint density at radius 3 is 2.10 bits per heavy atom. The first-order valence-corrected chi connectivity index (χ1v) is 12.1. The molecule has 3 rings (SSSR count). The number of aryl methyl sites for hydroxylation is 1. The number of ether oxygens (including phenoxy) is 1. The number of hydrogen-bond acceptors (Lipinski definition) is 5. The standard InChI is InChI=1S/C21H22N2O5S2/c1-16-6-8-17(9-7-16)15-29(24,25)22-18-10-12-21(13-11-18)30(26,27)23-19-4-3-5-20(14-19)28-2/h3-14,22-23H,15H2,1-2H3. The number of nitrogens with one attached hydrogen (secondary N) is 2. The van der Waals surface area contributed by atoms with Gasteiger partial charge in [-0.1, -0.05) is 35.9 Å². The third-order valence-corrected chi connectivity index (χ3v) is 6.89. The zero-order valence-electron chi connectivity index (χ0n) is 16.5. The molecule has 0 fully saturated rings. The van der Waals surface area contributed by atoms with Crippen LogP contribution in [0.25, 0.3) is 0 Å². The highest BCUT2D eigenvalue weighted by molar-refractivity contribution is 7.92. The van der Waals surface area contributed by atoms with Gasteiger partial charge < -0.3 is 4.74 Å². The van der Waals surface area contributed by atoms with Crippen molar-refractivity contribution in [1.29, 1.82) is 0 Å². The van der Waals surface area contributed by atoms with E-state index in [0.29, 0.717) is 17.0 Å². The minimum Gasteiger partial charge on any atom is -0.497 e. The average Bonchev–Trinajstić information content (AvgIpc) is 2.69. The minimum atomic E-state index is -3.83. The van der Waals surface area contributed by atoms with Crippen LogP contribution < -0.4 is 14.2 Å². The van der Waals surface area contributed by atoms with Crippen molar-refractivity contribution in [3.8, 4) is 5.75 Å². The van der Waals surface area contributed by atoms with Gasteiger partial charge in [0.25, 0.3) is 10.0 Å². The molecule has 7 nitrogen and oxygen atoms in total. The van der Waals surface area contributed by atoms with Gasteiger partial charge in [0.05, 0.1) is 23.4 Å². The maximum atomic E-state index is 12.6. The zero-order chi connectivity index (χ0) is 21.8. The fraction of sp³-hybridized carbons (Fsp3) is 0.143. The Labute approximate surface area is 176 Å². The number of anilines is 2. The van der Waals surface area contributed by atoms with E-state index in [2.05, 4.69) is 9.44 Å². The molecule has 3 aromatic carbocycles. The Balaban J connectivity index is 1.71. The van der Waals surface area contributed by atoms with Crippen molar-refractivity contribution in [3.05, 3.63) is 83.9 Å². The van der Waals surface area contributed by atoms with Crippen LogP contribution in [0.4, 0.5) is 11.4 Å². The zero-order valence-corrected chi connectivity index (χ0v) is 18.1. The molecule has 0 unspecified atom stereocenters. The molecule has 30 heavy (non-hydrogen) atoms. The number of sulfonamides is 2. The molecule has 3 aromatic rings. The highest BCUT2D eigenvalue weighted by atomic mass is 32.2. The summed E-state index contributed by atoms with van der Waals surface area (Å²) < 4.78 is 59.9. The molecular weight excluding hydrogens is 424 g/mol. The van der Waals surface area contributed by atoms with E-state index in [9.17, 15) is 16.8 Å². The molecule has 2 N–H and O–H groups in total. The van der Waals surface area contributed by atoms with Crippen molar-refractivity contribution < 1.29 is 21.6 Å². The van der Waals surface area contributed by atoms with Gasteiger partial charge in [0, 0.05) is 11.8 Å². The van der Waals surface area contributed by atoms with Crippen LogP contribution in [0, 0.1) is 6.92 Å². The van der Waals surface area contributed by atoms with Gasteiger partial charge in [-0.05, 0) is 48.9 Å². The molecule has 0 aliphatic rings. The molecule has 0 spiro atoms. The molecule has 0 aromatic heterocycles. The first kappa shape index (κ1) is 21.7. The molecule has 0 aliphatic heterocycles. The van der Waals surface area contributed by atoms with Gasteiger partial charge in [-0.15, -0.1) is 0 Å². The molecule has 0 atom stereocenters. The van der Waals surface area contributed by atoms with Crippen LogP contribution in [-0.4, -0.2) is 23.9 Å². The van der Waals surface area contributed by atoms with Crippen LogP contribution in [0.3, 0.4) is 0 Å². The van der Waals surface area contributed by atoms with E-state index in [0.717, 1.165) is 5.56 Å². The lowest BCUT2D eigenvalue weighted by molar-refractivity contribution is 0.415. The quantitative estimate of drug-likeness (QED) is 0.549. The van der Waals surface area contributed by atoms with Crippen molar-refractivity contribution in [2.45, 2.75) is 17.6 Å². The van der Waals surface area contributed by atoms with Gasteiger partial charge in [-0.3, -0.25) is 9.44 Å². The summed E-state index contributed by atoms with van der Waals surface area (Å²) in [5.74, 6) is 0.346. The normalized spacial score (nSPS) is 11.7. The molecule has 0 heterocycles. The van der Waals surface area contributed by atoms with E-state index in [1.165, 1.54) is 31.4 Å². The third kappa shape index (κ3) is 5.74. The smallest absolute Gasteiger partial charge is 0.261 e. The SMILES string of the molecule is COc1cccc(NS(=O)(=O)c2ccc(NS(=O)(=O)Cc3ccc(C)cc3)cc2)c1. The van der Waals surface area contributed by atoms with Gasteiger partial charge in [0.1, 0.15) is 5.75 Å². The van der Waals surface area contributed by atoms with Crippen LogP contribution in [-0.2, 0) is 25.8 Å². The molecule has 0 bridgehead atoms. The van der Waals surface area contributed by atoms with Crippen molar-refractivity contribution >= 4 is 31.4 Å². The predicted octanol–water partition coefficient (Wildman–Crippen LogP) is 3.75. The lowest BCUT2D eigenvalue weighted by Gasteiger charge is -2.11. The second-order valence-electron chi connectivity index (χ2n) is 6.71. The fourth-order valence-corrected chi connectivity index (χ4v) is 4.97. The molecule has 9 heteroatoms. The van der Waals surface area contributed by atoms with Gasteiger partial charge in [0.2, 0.25) is 10.0 Å². The number of hydrogen-bond donors (Lipinski definition) is 2. The first-order valence-electron chi connectivity index (χ1n) is 9.00. The van der Waals surface area contributed by atoms with E-state index < -0.39 is 20.0 Å². The number of rotatable bonds is 8. The van der Waals surface area contributed by atoms with Crippen LogP contribution in [0.5, 0.6) is 5.75 Å². The van der Waals surface area contributed by atoms with Crippen molar-refractivity contribution in [2.75, 3.05) is 16.6 Å². The Bertz CT molecular complexity index is 1220. The second-order valence-corrected chi connectivity index (χ2v) is 10.1. The van der Waals surface area contributed by atoms with E-state index in [1.54, 1.807) is 36.4 Å². The van der Waals surface area contributed by atoms with E-state index in [-0.39, 0.29) is 16.3 Å². The molecule has 0 amide bonds. The second kappa shape index (κ2) is 8.76. The lowest BCUT2D eigenvalue weighted by Crippen LogP contribution is -2.16. The molecule has 0 saturated heterocycles. The molecule has 0 saturated carbocycles. The first-order chi connectivity index (χ1) is 14.2. The molecule has 0 aliphatic carbocycles. The third-order valence-electron chi connectivity index (χ3n) is 4.24. The van der Waals surface area contributed by atoms with E-state index in [4.69, 9.17) is 4.74 Å². The van der Waals surface area contributed by atoms with Gasteiger partial charge in [-0.2, -0.15) is 0 Å². The topological polar surface area (TPSA) is 102 Å². The predicted molar refractivity (Wildman–Crippen MR) is 118 cm³/mol. The van der Waals surface area contributed by atoms with Crippen LogP contribution in [0.2, 0.25) is 0 Å². The molecule has 0 radical (unpaired) electrons. The summed E-state index contributed by atoms with van der Waals surface area (Å²) in [5.41, 5.74) is 2.35. The summed E-state index contributed by atoms with van der Waals surface area (Å²) in [6, 6.07) is 19.2. The Morgan fingerprint density at radius 1 is 0.800 bits per heavy atom. The van der Waals surface area contributed by atoms with Crippen molar-refractivity contribution in [1.82, 2.24) is 0 Å². The lowest BCUT2D eigenvalue weighted by atomic mass is 10.2. The van der Waals surface area contributed by atoms with E-state index >= 15 is 0 Å². The Morgan fingerprint density at radius 2 is 1.47 bits per heavy atom. The summed E-state index contributed by atoms with van der Waals surface area (Å²) in [6.07, 6.45) is 0. The summed E-state index contributed by atoms with van der Waals surface area (Å²) in [4.78, 5) is 0.00630. The van der Waals surface area contributed by atoms with Crippen LogP contribution in [0.1, 0.15) is 11.1 Å². The van der Waals surface area contributed by atoms with Gasteiger partial charge in [-0.25, -0.2) is 16.8 Å². The number of methoxy groups -OCH3 is 1. The maximum Gasteiger partial charge on any atom is 0.261 e. The summed E-state index contributed by atoms with van der Waals surface area (Å²) in [6.45, 7) is 1.93. The monoisotopic (exact) mass is 446 g/mol. The van der Waals surface area contributed by atoms with Crippen molar-refractivity contribution in [3.63, 3.8) is 0 Å². The minimum absolute atomic E-state index is 0.00630.